The molecule has 0 saturated carbocycles. The number of benzene rings is 1. The quantitative estimate of drug-likeness (QED) is 0.153. The molecule has 0 aliphatic carbocycles. The third-order valence-electron chi connectivity index (χ3n) is 4.91. The molecule has 0 bridgehead atoms. The Morgan fingerprint density at radius 3 is 1.89 bits per heavy atom. The van der Waals surface area contributed by atoms with Gasteiger partial charge in [0.25, 0.3) is 0 Å². The summed E-state index contributed by atoms with van der Waals surface area (Å²) in [6, 6.07) is 3.19. The number of carbonyl (C=O) groups is 6. The van der Waals surface area contributed by atoms with Crippen molar-refractivity contribution in [1.29, 1.82) is 0 Å². The van der Waals surface area contributed by atoms with Crippen LogP contribution >= 0.6 is 0 Å². The molecule has 192 valence electrons. The summed E-state index contributed by atoms with van der Waals surface area (Å²) in [6.45, 7) is 3.18. The second-order valence-electron chi connectivity index (χ2n) is 8.26. The third kappa shape index (κ3) is 10.2. The van der Waals surface area contributed by atoms with Crippen molar-refractivity contribution in [3.63, 3.8) is 0 Å². The van der Waals surface area contributed by atoms with Crippen molar-refractivity contribution in [2.24, 2.45) is 17.4 Å². The first-order chi connectivity index (χ1) is 16.3. The van der Waals surface area contributed by atoms with Gasteiger partial charge in [-0.05, 0) is 11.5 Å². The molecule has 9 N–H and O–H groups in total. The molecule has 4 amide bonds. The maximum atomic E-state index is 13.1. The zero-order chi connectivity index (χ0) is 26.7. The number of aliphatic carboxylic acids is 2. The van der Waals surface area contributed by atoms with Crippen LogP contribution in [0.25, 0.3) is 0 Å². The van der Waals surface area contributed by atoms with E-state index in [0.717, 1.165) is 0 Å². The highest BCUT2D eigenvalue weighted by Gasteiger charge is 2.32. The second kappa shape index (κ2) is 13.6. The number of nitrogens with two attached hydrogens (primary N) is 2. The maximum absolute atomic E-state index is 13.1. The number of carboxylic acids is 2. The topological polar surface area (TPSA) is 231 Å². The van der Waals surface area contributed by atoms with Gasteiger partial charge in [0.05, 0.1) is 18.9 Å². The fourth-order valence-corrected chi connectivity index (χ4v) is 3.07. The Labute approximate surface area is 201 Å². The summed E-state index contributed by atoms with van der Waals surface area (Å²) in [5.41, 5.74) is 11.4. The van der Waals surface area contributed by atoms with Gasteiger partial charge in [0.2, 0.25) is 23.6 Å². The lowest BCUT2D eigenvalue weighted by Crippen LogP contribution is -2.59. The van der Waals surface area contributed by atoms with Gasteiger partial charge in [-0.15, -0.1) is 0 Å². The van der Waals surface area contributed by atoms with Gasteiger partial charge in [-0.2, -0.15) is 0 Å². The van der Waals surface area contributed by atoms with Crippen molar-refractivity contribution < 1.29 is 39.0 Å². The minimum absolute atomic E-state index is 0.0188. The molecular weight excluding hydrogens is 462 g/mol. The summed E-state index contributed by atoms with van der Waals surface area (Å²) in [4.78, 5) is 71.5. The highest BCUT2D eigenvalue weighted by Crippen LogP contribution is 2.08. The summed E-state index contributed by atoms with van der Waals surface area (Å²) in [6.07, 6.45) is -1.28. The Bertz CT molecular complexity index is 937. The average Bonchev–Trinajstić information content (AvgIpc) is 2.75. The minimum atomic E-state index is -1.70. The van der Waals surface area contributed by atoms with Gasteiger partial charge >= 0.3 is 11.9 Å². The minimum Gasteiger partial charge on any atom is -0.481 e. The zero-order valence-corrected chi connectivity index (χ0v) is 19.4. The third-order valence-corrected chi connectivity index (χ3v) is 4.91. The lowest BCUT2D eigenvalue weighted by atomic mass is 10.00. The number of hydrogen-bond donors (Lipinski definition) is 7. The first-order valence-corrected chi connectivity index (χ1v) is 10.7. The summed E-state index contributed by atoms with van der Waals surface area (Å²) in [5.74, 6) is -6.79. The number of primary amides is 1. The van der Waals surface area contributed by atoms with E-state index in [9.17, 15) is 33.9 Å². The predicted molar refractivity (Wildman–Crippen MR) is 122 cm³/mol. The van der Waals surface area contributed by atoms with Crippen molar-refractivity contribution in [3.8, 4) is 0 Å². The highest BCUT2D eigenvalue weighted by atomic mass is 16.4. The number of amides is 4. The lowest BCUT2D eigenvalue weighted by Gasteiger charge is -2.27. The Morgan fingerprint density at radius 2 is 1.40 bits per heavy atom. The van der Waals surface area contributed by atoms with Gasteiger partial charge in [-0.1, -0.05) is 44.2 Å². The molecule has 0 aliphatic rings. The summed E-state index contributed by atoms with van der Waals surface area (Å²) in [7, 11) is 0. The van der Waals surface area contributed by atoms with Crippen LogP contribution in [0.3, 0.4) is 0 Å². The number of hydrogen-bond acceptors (Lipinski definition) is 7. The van der Waals surface area contributed by atoms with Gasteiger partial charge in [0, 0.05) is 6.42 Å². The molecule has 0 saturated heterocycles. The molecule has 0 aliphatic heterocycles. The first kappa shape index (κ1) is 29.0. The number of rotatable bonds is 14. The van der Waals surface area contributed by atoms with Crippen LogP contribution in [0.1, 0.15) is 32.3 Å². The smallest absolute Gasteiger partial charge is 0.326 e. The van der Waals surface area contributed by atoms with E-state index in [2.05, 4.69) is 16.0 Å². The molecule has 0 heterocycles. The standard InChI is InChI=1S/C22H31N5O8/c1-11(2)18(21(33)26-15(22(34)35)10-17(29)30)27-20(32)14(8-12-6-4-3-5-7-12)25-19(31)13(23)9-16(24)28/h3-7,11,13-15,18H,8-10,23H2,1-2H3,(H2,24,28)(H,25,31)(H,26,33)(H,27,32)(H,29,30)(H,34,35). The van der Waals surface area contributed by atoms with Crippen molar-refractivity contribution >= 4 is 35.6 Å². The highest BCUT2D eigenvalue weighted by molar-refractivity contribution is 5.95. The summed E-state index contributed by atoms with van der Waals surface area (Å²) >= 11 is 0. The van der Waals surface area contributed by atoms with Crippen LogP contribution in [0.2, 0.25) is 0 Å². The largest absolute Gasteiger partial charge is 0.481 e. The van der Waals surface area contributed by atoms with E-state index in [0.29, 0.717) is 5.56 Å². The molecule has 0 spiro atoms. The molecule has 13 nitrogen and oxygen atoms in total. The van der Waals surface area contributed by atoms with E-state index in [1.54, 1.807) is 44.2 Å². The lowest BCUT2D eigenvalue weighted by molar-refractivity contribution is -0.147. The molecule has 0 fully saturated rings. The fourth-order valence-electron chi connectivity index (χ4n) is 3.07. The molecule has 4 atom stereocenters. The SMILES string of the molecule is CC(C)C(NC(=O)C(Cc1ccccc1)NC(=O)C(N)CC(N)=O)C(=O)NC(CC(=O)O)C(=O)O. The second-order valence-corrected chi connectivity index (χ2v) is 8.26. The van der Waals surface area contributed by atoms with Gasteiger partial charge in [-0.3, -0.25) is 24.0 Å². The molecule has 0 radical (unpaired) electrons. The maximum Gasteiger partial charge on any atom is 0.326 e. The van der Waals surface area contributed by atoms with E-state index in [1.807, 2.05) is 0 Å². The van der Waals surface area contributed by atoms with Crippen molar-refractivity contribution in [1.82, 2.24) is 16.0 Å². The molecule has 35 heavy (non-hydrogen) atoms. The van der Waals surface area contributed by atoms with E-state index in [4.69, 9.17) is 16.6 Å². The Hall–Kier alpha value is -4.00. The van der Waals surface area contributed by atoms with E-state index in [1.165, 1.54) is 0 Å². The van der Waals surface area contributed by atoms with E-state index >= 15 is 0 Å². The van der Waals surface area contributed by atoms with Crippen LogP contribution in [-0.4, -0.2) is 69.9 Å². The Morgan fingerprint density at radius 1 is 0.829 bits per heavy atom. The Balaban J connectivity index is 3.08. The normalized spacial score (nSPS) is 14.2. The molecule has 0 aromatic heterocycles. The first-order valence-electron chi connectivity index (χ1n) is 10.7. The van der Waals surface area contributed by atoms with E-state index in [-0.39, 0.29) is 6.42 Å². The molecule has 13 heteroatoms. The van der Waals surface area contributed by atoms with Crippen LogP contribution in [0, 0.1) is 5.92 Å². The summed E-state index contributed by atoms with van der Waals surface area (Å²) < 4.78 is 0. The van der Waals surface area contributed by atoms with Crippen molar-refractivity contribution in [3.05, 3.63) is 35.9 Å². The number of carbonyl (C=O) groups excluding carboxylic acids is 4. The van der Waals surface area contributed by atoms with Crippen LogP contribution in [0.15, 0.2) is 30.3 Å². The monoisotopic (exact) mass is 493 g/mol. The zero-order valence-electron chi connectivity index (χ0n) is 19.4. The predicted octanol–water partition coefficient (Wildman–Crippen LogP) is -1.90. The number of nitrogens with one attached hydrogen (secondary N) is 3. The van der Waals surface area contributed by atoms with Gasteiger partial charge in [0.15, 0.2) is 0 Å². The van der Waals surface area contributed by atoms with Crippen LogP contribution in [-0.2, 0) is 35.2 Å². The number of carboxylic acid groups (broad SMARTS) is 2. The molecule has 1 aromatic rings. The van der Waals surface area contributed by atoms with Crippen LogP contribution in [0.4, 0.5) is 0 Å². The van der Waals surface area contributed by atoms with Gasteiger partial charge in [-0.25, -0.2) is 4.79 Å². The summed E-state index contributed by atoms with van der Waals surface area (Å²) in [5, 5.41) is 25.1. The van der Waals surface area contributed by atoms with Crippen molar-refractivity contribution in [2.45, 2.75) is 57.3 Å². The van der Waals surface area contributed by atoms with Gasteiger partial charge in [0.1, 0.15) is 18.1 Å². The van der Waals surface area contributed by atoms with E-state index < -0.39 is 78.5 Å². The Kier molecular flexibility index (Phi) is 11.3. The van der Waals surface area contributed by atoms with Gasteiger partial charge < -0.3 is 37.6 Å². The molecule has 1 rings (SSSR count). The van der Waals surface area contributed by atoms with Crippen LogP contribution < -0.4 is 27.4 Å². The van der Waals surface area contributed by atoms with Crippen LogP contribution in [0.5, 0.6) is 0 Å². The van der Waals surface area contributed by atoms with Crippen molar-refractivity contribution in [2.75, 3.05) is 0 Å². The molecule has 1 aromatic carbocycles. The average molecular weight is 494 g/mol. The fraction of sp³-hybridized carbons (Fsp3) is 0.455. The molecule has 4 unspecified atom stereocenters. The molecular formula is C22H31N5O8.